The van der Waals surface area contributed by atoms with E-state index in [0.29, 0.717) is 24.7 Å². The topological polar surface area (TPSA) is 111 Å². The second-order valence-electron chi connectivity index (χ2n) is 8.51. The van der Waals surface area contributed by atoms with E-state index in [1.807, 2.05) is 31.2 Å². The van der Waals surface area contributed by atoms with Crippen molar-refractivity contribution in [3.05, 3.63) is 77.9 Å². The van der Waals surface area contributed by atoms with Crippen LogP contribution in [-0.4, -0.2) is 46.2 Å². The molecule has 0 fully saturated rings. The van der Waals surface area contributed by atoms with Gasteiger partial charge in [0, 0.05) is 23.5 Å². The summed E-state index contributed by atoms with van der Waals surface area (Å²) in [5.74, 6) is -0.122. The Labute approximate surface area is 208 Å². The van der Waals surface area contributed by atoms with Crippen LogP contribution in [0.15, 0.2) is 71.6 Å². The third kappa shape index (κ3) is 4.72. The van der Waals surface area contributed by atoms with Gasteiger partial charge in [-0.1, -0.05) is 18.2 Å². The summed E-state index contributed by atoms with van der Waals surface area (Å²) in [6.45, 7) is 2.31. The van der Waals surface area contributed by atoms with Gasteiger partial charge in [0.05, 0.1) is 10.5 Å². The van der Waals surface area contributed by atoms with Crippen molar-refractivity contribution in [2.45, 2.75) is 24.3 Å². The molecule has 0 radical (unpaired) electrons. The van der Waals surface area contributed by atoms with E-state index in [4.69, 9.17) is 14.2 Å². The van der Waals surface area contributed by atoms with E-state index in [1.54, 1.807) is 11.0 Å². The summed E-state index contributed by atoms with van der Waals surface area (Å²) in [6, 6.07) is 17.8. The number of sulfonamides is 1. The summed E-state index contributed by atoms with van der Waals surface area (Å²) in [5.41, 5.74) is 2.37. The normalized spacial score (nSPS) is 16.2. The average Bonchev–Trinajstić information content (AvgIpc) is 3.22. The zero-order valence-electron chi connectivity index (χ0n) is 19.5. The molecule has 3 aromatic rings. The molecule has 186 valence electrons. The minimum Gasteiger partial charge on any atom is -0.486 e. The number of para-hydroxylation sites is 1. The van der Waals surface area contributed by atoms with Crippen LogP contribution in [0.3, 0.4) is 0 Å². The van der Waals surface area contributed by atoms with Crippen LogP contribution < -0.4 is 19.1 Å². The number of carbonyl (C=O) groups excluding carboxylic acids is 2. The van der Waals surface area contributed by atoms with E-state index in [1.165, 1.54) is 36.4 Å². The largest absolute Gasteiger partial charge is 0.486 e. The molecule has 2 aliphatic rings. The first-order chi connectivity index (χ1) is 17.3. The lowest BCUT2D eigenvalue weighted by Gasteiger charge is -2.22. The first-order valence-corrected chi connectivity index (χ1v) is 12.9. The molecule has 0 aliphatic carbocycles. The maximum Gasteiger partial charge on any atom is 0.338 e. The molecule has 2 heterocycles. The maximum atomic E-state index is 12.8. The lowest BCUT2D eigenvalue weighted by molar-refractivity contribution is -0.122. The molecule has 0 bridgehead atoms. The predicted octanol–water partition coefficient (Wildman–Crippen LogP) is 3.39. The second kappa shape index (κ2) is 9.54. The highest BCUT2D eigenvalue weighted by atomic mass is 32.2. The first kappa shape index (κ1) is 23.7. The number of fused-ring (bicyclic) bond motifs is 2. The number of benzene rings is 3. The van der Waals surface area contributed by atoms with E-state index in [2.05, 4.69) is 4.72 Å². The minimum atomic E-state index is -3.89. The fourth-order valence-corrected chi connectivity index (χ4v) is 5.38. The molecule has 1 atom stereocenters. The number of hydrogen-bond acceptors (Lipinski definition) is 7. The highest BCUT2D eigenvalue weighted by molar-refractivity contribution is 7.92. The third-order valence-electron chi connectivity index (χ3n) is 6.00. The number of esters is 1. The summed E-state index contributed by atoms with van der Waals surface area (Å²) in [4.78, 5) is 26.9. The first-order valence-electron chi connectivity index (χ1n) is 11.4. The molecule has 9 nitrogen and oxygen atoms in total. The predicted molar refractivity (Wildman–Crippen MR) is 132 cm³/mol. The molecule has 1 amide bonds. The summed E-state index contributed by atoms with van der Waals surface area (Å²) >= 11 is 0. The van der Waals surface area contributed by atoms with Crippen molar-refractivity contribution in [2.24, 2.45) is 0 Å². The van der Waals surface area contributed by atoms with Crippen LogP contribution >= 0.6 is 0 Å². The molecule has 3 aromatic carbocycles. The Bertz CT molecular complexity index is 1420. The summed E-state index contributed by atoms with van der Waals surface area (Å²) in [7, 11) is -3.89. The van der Waals surface area contributed by atoms with Gasteiger partial charge in [0.15, 0.2) is 18.1 Å². The highest BCUT2D eigenvalue weighted by Crippen LogP contribution is 2.33. The molecule has 2 aliphatic heterocycles. The molecule has 1 N–H and O–H groups in total. The van der Waals surface area contributed by atoms with Crippen LogP contribution in [-0.2, 0) is 26.0 Å². The van der Waals surface area contributed by atoms with Crippen molar-refractivity contribution in [2.75, 3.05) is 29.4 Å². The van der Waals surface area contributed by atoms with E-state index in [0.717, 1.165) is 17.7 Å². The van der Waals surface area contributed by atoms with Crippen molar-refractivity contribution in [1.82, 2.24) is 0 Å². The number of carbonyl (C=O) groups is 2. The van der Waals surface area contributed by atoms with Crippen molar-refractivity contribution >= 4 is 33.3 Å². The lowest BCUT2D eigenvalue weighted by Crippen LogP contribution is -2.38. The monoisotopic (exact) mass is 508 g/mol. The van der Waals surface area contributed by atoms with Crippen LogP contribution in [0.2, 0.25) is 0 Å². The van der Waals surface area contributed by atoms with Gasteiger partial charge in [-0.25, -0.2) is 13.2 Å². The average molecular weight is 509 g/mol. The molecule has 0 spiro atoms. The molecule has 0 unspecified atom stereocenters. The molecule has 10 heteroatoms. The Morgan fingerprint density at radius 2 is 1.72 bits per heavy atom. The van der Waals surface area contributed by atoms with Crippen LogP contribution in [0, 0.1) is 0 Å². The number of amides is 1. The van der Waals surface area contributed by atoms with Gasteiger partial charge >= 0.3 is 5.97 Å². The minimum absolute atomic E-state index is 0.0184. The van der Waals surface area contributed by atoms with Gasteiger partial charge in [-0.15, -0.1) is 0 Å². The maximum absolute atomic E-state index is 12.8. The van der Waals surface area contributed by atoms with Gasteiger partial charge in [0.1, 0.15) is 13.2 Å². The molecular weight excluding hydrogens is 484 g/mol. The standard InChI is InChI=1S/C26H24N2O7S/c1-17-14-19-4-2-3-5-22(19)28(17)25(29)16-35-26(30)18-6-8-20(9-7-18)27-36(31,32)21-10-11-23-24(15-21)34-13-12-33-23/h2-11,15,17,27H,12-14,16H2,1H3/t17-/m0/s1. The van der Waals surface area contributed by atoms with Gasteiger partial charge in [0.25, 0.3) is 15.9 Å². The Balaban J connectivity index is 1.20. The zero-order valence-corrected chi connectivity index (χ0v) is 20.3. The Morgan fingerprint density at radius 3 is 2.50 bits per heavy atom. The van der Waals surface area contributed by atoms with Crippen LogP contribution in [0.1, 0.15) is 22.8 Å². The van der Waals surface area contributed by atoms with Crippen LogP contribution in [0.25, 0.3) is 0 Å². The number of nitrogens with zero attached hydrogens (tertiary/aromatic N) is 1. The fraction of sp³-hybridized carbons (Fsp3) is 0.231. The van der Waals surface area contributed by atoms with Crippen molar-refractivity contribution in [3.8, 4) is 11.5 Å². The Morgan fingerprint density at radius 1 is 1.00 bits per heavy atom. The second-order valence-corrected chi connectivity index (χ2v) is 10.2. The number of ether oxygens (including phenoxy) is 3. The molecule has 0 aromatic heterocycles. The van der Waals surface area contributed by atoms with Gasteiger partial charge in [-0.2, -0.15) is 0 Å². The van der Waals surface area contributed by atoms with E-state index in [9.17, 15) is 18.0 Å². The van der Waals surface area contributed by atoms with E-state index in [-0.39, 0.29) is 28.1 Å². The van der Waals surface area contributed by atoms with Gasteiger partial charge < -0.3 is 19.1 Å². The third-order valence-corrected chi connectivity index (χ3v) is 7.38. The van der Waals surface area contributed by atoms with Crippen molar-refractivity contribution in [3.63, 3.8) is 0 Å². The number of anilines is 2. The van der Waals surface area contributed by atoms with Gasteiger partial charge in [-0.3, -0.25) is 9.52 Å². The Hall–Kier alpha value is -4.05. The number of rotatable bonds is 6. The van der Waals surface area contributed by atoms with Crippen molar-refractivity contribution in [1.29, 1.82) is 0 Å². The molecule has 0 saturated heterocycles. The van der Waals surface area contributed by atoms with Gasteiger partial charge in [0.2, 0.25) is 0 Å². The molecule has 0 saturated carbocycles. The summed E-state index contributed by atoms with van der Waals surface area (Å²) < 4.78 is 44.1. The van der Waals surface area contributed by atoms with Gasteiger partial charge in [-0.05, 0) is 61.4 Å². The molecular formula is C26H24N2O7S. The smallest absolute Gasteiger partial charge is 0.338 e. The highest BCUT2D eigenvalue weighted by Gasteiger charge is 2.31. The van der Waals surface area contributed by atoms with E-state index < -0.39 is 22.6 Å². The van der Waals surface area contributed by atoms with E-state index >= 15 is 0 Å². The van der Waals surface area contributed by atoms with Crippen LogP contribution in [0.4, 0.5) is 11.4 Å². The lowest BCUT2D eigenvalue weighted by atomic mass is 10.1. The SMILES string of the molecule is C[C@H]1Cc2ccccc2N1C(=O)COC(=O)c1ccc(NS(=O)(=O)c2ccc3c(c2)OCCO3)cc1. The quantitative estimate of drug-likeness (QED) is 0.508. The van der Waals surface area contributed by atoms with Crippen LogP contribution in [0.5, 0.6) is 11.5 Å². The number of nitrogens with one attached hydrogen (secondary N) is 1. The molecule has 5 rings (SSSR count). The fourth-order valence-electron chi connectivity index (χ4n) is 4.31. The summed E-state index contributed by atoms with van der Waals surface area (Å²) in [5, 5.41) is 0. The molecule has 36 heavy (non-hydrogen) atoms. The summed E-state index contributed by atoms with van der Waals surface area (Å²) in [6.07, 6.45) is 0.749. The van der Waals surface area contributed by atoms with Crippen molar-refractivity contribution < 1.29 is 32.2 Å². The number of hydrogen-bond donors (Lipinski definition) is 1. The Kier molecular flexibility index (Phi) is 6.27. The zero-order chi connectivity index (χ0) is 25.3.